The number of methoxy groups -OCH3 is 3. The normalized spacial score (nSPS) is 16.4. The summed E-state index contributed by atoms with van der Waals surface area (Å²) in [6.07, 6.45) is 3.17. The minimum atomic E-state index is -4.61. The lowest BCUT2D eigenvalue weighted by Gasteiger charge is -2.43. The SMILES string of the molecule is COC(=O)/C=C/[C@@H]1CC[C@@](C)(c2nc(-c3ccc(C(=O)Nc4cc(C(F)(F)F)ccn4)cc3)c3c(NCc4ccc(OC)cc4OC)nccn23)CN1C(=O)OCc1ccccc1. The third-order valence-electron chi connectivity index (χ3n) is 10.8. The number of alkyl halides is 3. The molecule has 0 aliphatic carbocycles. The van der Waals surface area contributed by atoms with E-state index in [9.17, 15) is 27.6 Å². The molecule has 17 heteroatoms. The van der Waals surface area contributed by atoms with Gasteiger partial charge in [-0.15, -0.1) is 0 Å². The summed E-state index contributed by atoms with van der Waals surface area (Å²) < 4.78 is 63.6. The van der Waals surface area contributed by atoms with Gasteiger partial charge in [0.05, 0.1) is 32.9 Å². The minimum absolute atomic E-state index is 0.0426. The molecule has 14 nitrogen and oxygen atoms in total. The smallest absolute Gasteiger partial charge is 0.416 e. The third kappa shape index (κ3) is 9.88. The summed E-state index contributed by atoms with van der Waals surface area (Å²) in [5.41, 5.74) is 1.77. The second-order valence-corrected chi connectivity index (χ2v) is 15.0. The number of aromatic nitrogens is 4. The summed E-state index contributed by atoms with van der Waals surface area (Å²) in [6.45, 7) is 2.51. The molecular weight excluding hydrogens is 820 g/mol. The zero-order valence-electron chi connectivity index (χ0n) is 34.8. The Morgan fingerprint density at radius 3 is 2.43 bits per heavy atom. The van der Waals surface area contributed by atoms with Crippen LogP contribution in [0.5, 0.6) is 11.5 Å². The number of carbonyl (C=O) groups excluding carboxylic acids is 3. The van der Waals surface area contributed by atoms with Gasteiger partial charge in [-0.05, 0) is 54.8 Å². The first-order valence-electron chi connectivity index (χ1n) is 19.8. The second-order valence-electron chi connectivity index (χ2n) is 15.0. The fraction of sp³-hybridized carbons (Fsp3) is 0.261. The highest BCUT2D eigenvalue weighted by Gasteiger charge is 2.43. The van der Waals surface area contributed by atoms with E-state index in [1.165, 1.54) is 13.2 Å². The van der Waals surface area contributed by atoms with Gasteiger partial charge in [-0.2, -0.15) is 13.2 Å². The topological polar surface area (TPSA) is 159 Å². The molecule has 4 heterocycles. The maximum Gasteiger partial charge on any atom is 0.416 e. The number of amides is 2. The largest absolute Gasteiger partial charge is 0.497 e. The number of rotatable bonds is 13. The number of anilines is 2. The zero-order chi connectivity index (χ0) is 44.7. The summed E-state index contributed by atoms with van der Waals surface area (Å²) >= 11 is 0. The fourth-order valence-electron chi connectivity index (χ4n) is 7.45. The first kappa shape index (κ1) is 43.7. The van der Waals surface area contributed by atoms with E-state index < -0.39 is 41.2 Å². The van der Waals surface area contributed by atoms with Gasteiger partial charge in [-0.1, -0.05) is 55.5 Å². The van der Waals surface area contributed by atoms with Gasteiger partial charge in [0, 0.05) is 65.9 Å². The Morgan fingerprint density at radius 2 is 1.71 bits per heavy atom. The van der Waals surface area contributed by atoms with Crippen LogP contribution in [0.4, 0.5) is 29.6 Å². The number of nitrogens with zero attached hydrogens (tertiary/aromatic N) is 5. The number of fused-ring (bicyclic) bond motifs is 1. The van der Waals surface area contributed by atoms with Crippen molar-refractivity contribution < 1.29 is 46.5 Å². The fourth-order valence-corrected chi connectivity index (χ4v) is 7.45. The monoisotopic (exact) mass is 863 g/mol. The first-order valence-corrected chi connectivity index (χ1v) is 19.8. The van der Waals surface area contributed by atoms with Gasteiger partial charge in [0.25, 0.3) is 5.91 Å². The van der Waals surface area contributed by atoms with Crippen molar-refractivity contribution in [1.29, 1.82) is 0 Å². The van der Waals surface area contributed by atoms with Crippen LogP contribution in [0.2, 0.25) is 0 Å². The van der Waals surface area contributed by atoms with E-state index in [4.69, 9.17) is 28.9 Å². The number of carbonyl (C=O) groups is 3. The Balaban J connectivity index is 1.26. The lowest BCUT2D eigenvalue weighted by Crippen LogP contribution is -2.52. The number of imidazole rings is 1. The average Bonchev–Trinajstić information content (AvgIpc) is 3.71. The Hall–Kier alpha value is -7.43. The van der Waals surface area contributed by atoms with E-state index in [0.29, 0.717) is 59.3 Å². The standard InChI is InChI=1S/C46H44F3N7O7/c1-45(20-18-34(15-17-38(57)62-4)56(28-45)44(59)63-27-29-8-6-5-7-9-29)43-54-39(30-10-12-31(13-11-30)42(58)53-37-24-33(19-21-50-37)46(47,48)49)40-41(51-22-23-55(40)43)52-26-32-14-16-35(60-2)25-36(32)61-3/h5-17,19,21-25,34H,18,20,26-28H2,1-4H3,(H,51,52)(H,50,53,58)/b17-15+/t34-,45-/m1/s1. The minimum Gasteiger partial charge on any atom is -0.497 e. The van der Waals surface area contributed by atoms with Gasteiger partial charge in [0.1, 0.15) is 41.0 Å². The number of ether oxygens (including phenoxy) is 4. The van der Waals surface area contributed by atoms with E-state index >= 15 is 0 Å². The van der Waals surface area contributed by atoms with E-state index in [1.807, 2.05) is 53.8 Å². The van der Waals surface area contributed by atoms with Crippen LogP contribution in [-0.2, 0) is 39.0 Å². The van der Waals surface area contributed by atoms with Crippen molar-refractivity contribution in [1.82, 2.24) is 24.3 Å². The molecule has 326 valence electrons. The van der Waals surface area contributed by atoms with Crippen molar-refractivity contribution >= 4 is 35.1 Å². The molecule has 63 heavy (non-hydrogen) atoms. The predicted molar refractivity (Wildman–Crippen MR) is 227 cm³/mol. The van der Waals surface area contributed by atoms with Crippen LogP contribution in [0.25, 0.3) is 16.8 Å². The van der Waals surface area contributed by atoms with Crippen LogP contribution in [0.3, 0.4) is 0 Å². The van der Waals surface area contributed by atoms with Crippen LogP contribution >= 0.6 is 0 Å². The number of nitrogens with one attached hydrogen (secondary N) is 2. The van der Waals surface area contributed by atoms with Crippen LogP contribution in [0.1, 0.15) is 52.6 Å². The van der Waals surface area contributed by atoms with Crippen molar-refractivity contribution in [2.24, 2.45) is 0 Å². The quantitative estimate of drug-likeness (QED) is 0.0848. The van der Waals surface area contributed by atoms with Gasteiger partial charge in [-0.3, -0.25) is 9.20 Å². The van der Waals surface area contributed by atoms with Gasteiger partial charge in [-0.25, -0.2) is 24.5 Å². The molecule has 0 unspecified atom stereocenters. The van der Waals surface area contributed by atoms with Crippen molar-refractivity contribution in [3.8, 4) is 22.8 Å². The van der Waals surface area contributed by atoms with E-state index in [1.54, 1.807) is 67.9 Å². The third-order valence-corrected chi connectivity index (χ3v) is 10.8. The highest BCUT2D eigenvalue weighted by molar-refractivity contribution is 6.04. The van der Waals surface area contributed by atoms with Crippen LogP contribution in [0, 0.1) is 0 Å². The Bertz CT molecular complexity index is 2640. The molecule has 0 bridgehead atoms. The lowest BCUT2D eigenvalue weighted by atomic mass is 9.78. The van der Waals surface area contributed by atoms with Crippen LogP contribution < -0.4 is 20.1 Å². The zero-order valence-corrected chi connectivity index (χ0v) is 34.8. The Labute approximate surface area is 360 Å². The van der Waals surface area contributed by atoms with Gasteiger partial charge >= 0.3 is 18.2 Å². The average molecular weight is 864 g/mol. The van der Waals surface area contributed by atoms with Gasteiger partial charge < -0.3 is 34.5 Å². The molecule has 1 aliphatic rings. The van der Waals surface area contributed by atoms with E-state index in [2.05, 4.69) is 15.6 Å². The second kappa shape index (κ2) is 18.7. The van der Waals surface area contributed by atoms with E-state index in [0.717, 1.165) is 29.5 Å². The molecule has 0 radical (unpaired) electrons. The summed E-state index contributed by atoms with van der Waals surface area (Å²) in [4.78, 5) is 54.8. The number of hydrogen-bond acceptors (Lipinski definition) is 11. The molecule has 1 saturated heterocycles. The molecule has 2 N–H and O–H groups in total. The van der Waals surface area contributed by atoms with Crippen LogP contribution in [0.15, 0.2) is 116 Å². The number of piperidine rings is 1. The number of pyridine rings is 1. The summed E-state index contributed by atoms with van der Waals surface area (Å²) in [7, 11) is 4.42. The number of hydrogen-bond donors (Lipinski definition) is 2. The first-order chi connectivity index (χ1) is 30.3. The summed E-state index contributed by atoms with van der Waals surface area (Å²) in [6, 6.07) is 22.3. The molecule has 2 atom stereocenters. The molecule has 7 rings (SSSR count). The Morgan fingerprint density at radius 1 is 0.937 bits per heavy atom. The number of likely N-dealkylation sites (tertiary alicyclic amines) is 1. The molecule has 3 aromatic heterocycles. The van der Waals surface area contributed by atoms with Crippen molar-refractivity contribution in [3.05, 3.63) is 144 Å². The molecule has 0 spiro atoms. The van der Waals surface area contributed by atoms with Crippen molar-refractivity contribution in [2.45, 2.75) is 50.6 Å². The van der Waals surface area contributed by atoms with Crippen molar-refractivity contribution in [2.75, 3.05) is 38.5 Å². The molecule has 0 saturated carbocycles. The number of benzene rings is 3. The van der Waals surface area contributed by atoms with Crippen LogP contribution in [-0.4, -0.2) is 76.1 Å². The molecule has 1 fully saturated rings. The van der Waals surface area contributed by atoms with Gasteiger partial charge in [0.2, 0.25) is 0 Å². The van der Waals surface area contributed by atoms with Crippen molar-refractivity contribution in [3.63, 3.8) is 0 Å². The Kier molecular flexibility index (Phi) is 12.9. The highest BCUT2D eigenvalue weighted by Crippen LogP contribution is 2.41. The molecule has 2 amide bonds. The number of halogens is 3. The lowest BCUT2D eigenvalue weighted by molar-refractivity contribution is -0.137. The van der Waals surface area contributed by atoms with Gasteiger partial charge in [0.15, 0.2) is 5.82 Å². The highest BCUT2D eigenvalue weighted by atomic mass is 19.4. The number of esters is 1. The predicted octanol–water partition coefficient (Wildman–Crippen LogP) is 8.48. The maximum atomic E-state index is 13.9. The summed E-state index contributed by atoms with van der Waals surface area (Å²) in [5.74, 6) is 0.838. The molecule has 6 aromatic rings. The molecular formula is C46H44F3N7O7. The molecule has 1 aliphatic heterocycles. The maximum absolute atomic E-state index is 13.9. The van der Waals surface area contributed by atoms with E-state index in [-0.39, 0.29) is 24.5 Å². The molecule has 3 aromatic carbocycles. The summed E-state index contributed by atoms with van der Waals surface area (Å²) in [5, 5.41) is 5.89.